The van der Waals surface area contributed by atoms with Gasteiger partial charge in [-0.25, -0.2) is 9.80 Å². The zero-order valence-electron chi connectivity index (χ0n) is 17.5. The van der Waals surface area contributed by atoms with Gasteiger partial charge in [0, 0.05) is 11.6 Å². The van der Waals surface area contributed by atoms with Crippen LogP contribution in [0, 0.1) is 0 Å². The van der Waals surface area contributed by atoms with Gasteiger partial charge in [0.1, 0.15) is 0 Å². The van der Waals surface area contributed by atoms with Crippen LogP contribution in [0.3, 0.4) is 0 Å². The molecule has 2 amide bonds. The molecule has 1 aliphatic heterocycles. The Morgan fingerprint density at radius 3 is 2.57 bits per heavy atom. The lowest BCUT2D eigenvalue weighted by molar-refractivity contribution is 0.138. The van der Waals surface area contributed by atoms with Gasteiger partial charge in [-0.15, -0.1) is 0 Å². The third-order valence-electron chi connectivity index (χ3n) is 5.58. The molecule has 0 spiro atoms. The summed E-state index contributed by atoms with van der Waals surface area (Å²) in [4.78, 5) is 13.3. The van der Waals surface area contributed by atoms with Gasteiger partial charge in [0.2, 0.25) is 0 Å². The number of unbranched alkanes of at least 4 members (excludes halogenated alkanes) is 1. The molecule has 0 fully saturated rings. The van der Waals surface area contributed by atoms with Gasteiger partial charge in [0.25, 0.3) is 0 Å². The number of nitrogens with zero attached hydrogens (tertiary/aromatic N) is 2. The molecule has 1 aromatic heterocycles. The fraction of sp³-hybridized carbons (Fsp3) is 0.478. The average molecular weight is 398 g/mol. The van der Waals surface area contributed by atoms with E-state index >= 15 is 0 Å². The number of hydrazone groups is 1. The third kappa shape index (κ3) is 4.00. The summed E-state index contributed by atoms with van der Waals surface area (Å²) in [6, 6.07) is 12.1. The normalized spacial score (nSPS) is 18.8. The summed E-state index contributed by atoms with van der Waals surface area (Å²) in [5.74, 6) is 0.135. The van der Waals surface area contributed by atoms with Gasteiger partial charge >= 0.3 is 6.03 Å². The molecule has 0 aliphatic carbocycles. The Hall–Kier alpha value is -2.14. The summed E-state index contributed by atoms with van der Waals surface area (Å²) < 4.78 is 0. The fourth-order valence-corrected chi connectivity index (χ4v) is 4.68. The molecule has 5 heteroatoms. The van der Waals surface area contributed by atoms with E-state index in [2.05, 4.69) is 42.9 Å². The Kier molecular flexibility index (Phi) is 5.94. The van der Waals surface area contributed by atoms with Crippen LogP contribution in [-0.2, 0) is 5.54 Å². The predicted octanol–water partition coefficient (Wildman–Crippen LogP) is 6.12. The summed E-state index contributed by atoms with van der Waals surface area (Å²) in [5.41, 5.74) is 2.54. The first-order valence-corrected chi connectivity index (χ1v) is 11.0. The zero-order chi connectivity index (χ0) is 20.4. The standard InChI is InChI=1S/C23H31N3OS/c1-6-7-13-19-20(17-14-15-28-16-17)23(4,5)26(25-19)21(27)24-22(2,3)18-11-9-8-10-12-18/h8-12,14-16,20H,6-7,13H2,1-5H3,(H,24,27). The van der Waals surface area contributed by atoms with Crippen LogP contribution >= 0.6 is 11.3 Å². The number of benzene rings is 1. The number of carbonyl (C=O) groups is 1. The van der Waals surface area contributed by atoms with E-state index in [0.717, 1.165) is 30.5 Å². The van der Waals surface area contributed by atoms with Crippen molar-refractivity contribution in [2.45, 2.75) is 70.9 Å². The lowest BCUT2D eigenvalue weighted by Gasteiger charge is -2.36. The van der Waals surface area contributed by atoms with Crippen molar-refractivity contribution in [3.05, 3.63) is 58.3 Å². The van der Waals surface area contributed by atoms with Crippen LogP contribution in [0.4, 0.5) is 4.79 Å². The fourth-order valence-electron chi connectivity index (χ4n) is 3.99. The van der Waals surface area contributed by atoms with Crippen molar-refractivity contribution in [3.8, 4) is 0 Å². The molecule has 1 aliphatic rings. The summed E-state index contributed by atoms with van der Waals surface area (Å²) in [6.45, 7) is 10.5. The van der Waals surface area contributed by atoms with Crippen LogP contribution < -0.4 is 5.32 Å². The van der Waals surface area contributed by atoms with Crippen molar-refractivity contribution in [2.24, 2.45) is 5.10 Å². The van der Waals surface area contributed by atoms with E-state index in [9.17, 15) is 4.79 Å². The third-order valence-corrected chi connectivity index (χ3v) is 6.29. The van der Waals surface area contributed by atoms with E-state index < -0.39 is 11.1 Å². The molecule has 2 aromatic rings. The molecule has 150 valence electrons. The second kappa shape index (κ2) is 8.08. The molecule has 1 atom stereocenters. The number of rotatable bonds is 6. The first-order chi connectivity index (χ1) is 13.3. The van der Waals surface area contributed by atoms with E-state index in [4.69, 9.17) is 5.10 Å². The van der Waals surface area contributed by atoms with E-state index in [0.29, 0.717) is 0 Å². The summed E-state index contributed by atoms with van der Waals surface area (Å²) in [7, 11) is 0. The van der Waals surface area contributed by atoms with E-state index in [1.54, 1.807) is 16.3 Å². The van der Waals surface area contributed by atoms with Gasteiger partial charge < -0.3 is 5.32 Å². The molecule has 1 aromatic carbocycles. The van der Waals surface area contributed by atoms with E-state index in [1.807, 2.05) is 44.2 Å². The molecule has 4 nitrogen and oxygen atoms in total. The molecular weight excluding hydrogens is 366 g/mol. The summed E-state index contributed by atoms with van der Waals surface area (Å²) >= 11 is 1.70. The molecule has 0 saturated carbocycles. The van der Waals surface area contributed by atoms with Crippen LogP contribution in [0.15, 0.2) is 52.3 Å². The second-order valence-corrected chi connectivity index (χ2v) is 9.35. The van der Waals surface area contributed by atoms with Crippen LogP contribution in [0.5, 0.6) is 0 Å². The monoisotopic (exact) mass is 397 g/mol. The minimum Gasteiger partial charge on any atom is -0.328 e. The average Bonchev–Trinajstić information content (AvgIpc) is 3.25. The zero-order valence-corrected chi connectivity index (χ0v) is 18.3. The Labute approximate surface area is 172 Å². The Balaban J connectivity index is 1.87. The summed E-state index contributed by atoms with van der Waals surface area (Å²) in [5, 5.41) is 14.0. The molecular formula is C23H31N3OS. The largest absolute Gasteiger partial charge is 0.339 e. The van der Waals surface area contributed by atoms with Gasteiger partial charge in [0.15, 0.2) is 0 Å². The first-order valence-electron chi connectivity index (χ1n) is 10.0. The van der Waals surface area contributed by atoms with Crippen molar-refractivity contribution >= 4 is 23.1 Å². The Bertz CT molecular complexity index is 825. The maximum Gasteiger partial charge on any atom is 0.339 e. The van der Waals surface area contributed by atoms with Gasteiger partial charge in [0.05, 0.1) is 11.1 Å². The maximum atomic E-state index is 13.3. The minimum absolute atomic E-state index is 0.135. The summed E-state index contributed by atoms with van der Waals surface area (Å²) in [6.07, 6.45) is 3.12. The van der Waals surface area contributed by atoms with Crippen LogP contribution in [0.2, 0.25) is 0 Å². The van der Waals surface area contributed by atoms with Crippen LogP contribution in [0.25, 0.3) is 0 Å². The smallest absolute Gasteiger partial charge is 0.328 e. The molecule has 1 N–H and O–H groups in total. The molecule has 1 unspecified atom stereocenters. The van der Waals surface area contributed by atoms with Gasteiger partial charge in [-0.05, 0) is 68.5 Å². The number of urea groups is 1. The Morgan fingerprint density at radius 2 is 1.96 bits per heavy atom. The Morgan fingerprint density at radius 1 is 1.25 bits per heavy atom. The lowest BCUT2D eigenvalue weighted by Crippen LogP contribution is -2.53. The van der Waals surface area contributed by atoms with Crippen molar-refractivity contribution < 1.29 is 4.79 Å². The second-order valence-electron chi connectivity index (χ2n) is 8.57. The number of hydrogen-bond acceptors (Lipinski definition) is 3. The number of hydrogen-bond donors (Lipinski definition) is 1. The van der Waals surface area contributed by atoms with Crippen LogP contribution in [0.1, 0.15) is 70.9 Å². The van der Waals surface area contributed by atoms with Gasteiger partial charge in [-0.1, -0.05) is 43.7 Å². The highest BCUT2D eigenvalue weighted by Crippen LogP contribution is 2.42. The quantitative estimate of drug-likeness (QED) is 0.627. The SMILES string of the molecule is CCCCC1=NN(C(=O)NC(C)(C)c2ccccc2)C(C)(C)C1c1ccsc1. The van der Waals surface area contributed by atoms with Crippen molar-refractivity contribution in [1.29, 1.82) is 0 Å². The number of carbonyl (C=O) groups excluding carboxylic acids is 1. The van der Waals surface area contributed by atoms with E-state index in [1.165, 1.54) is 5.56 Å². The number of amides is 2. The van der Waals surface area contributed by atoms with Crippen molar-refractivity contribution in [1.82, 2.24) is 10.3 Å². The number of thiophene rings is 1. The highest BCUT2D eigenvalue weighted by Gasteiger charge is 2.48. The topological polar surface area (TPSA) is 44.7 Å². The lowest BCUT2D eigenvalue weighted by atomic mass is 9.79. The number of nitrogens with one attached hydrogen (secondary N) is 1. The van der Waals surface area contributed by atoms with Crippen LogP contribution in [-0.4, -0.2) is 22.3 Å². The maximum absolute atomic E-state index is 13.3. The molecule has 28 heavy (non-hydrogen) atoms. The predicted molar refractivity (Wildman–Crippen MR) is 118 cm³/mol. The highest BCUT2D eigenvalue weighted by molar-refractivity contribution is 7.08. The molecule has 0 radical (unpaired) electrons. The van der Waals surface area contributed by atoms with E-state index in [-0.39, 0.29) is 11.9 Å². The molecule has 3 rings (SSSR count). The van der Waals surface area contributed by atoms with Gasteiger partial charge in [-0.2, -0.15) is 16.4 Å². The first kappa shape index (κ1) is 20.6. The highest BCUT2D eigenvalue weighted by atomic mass is 32.1. The minimum atomic E-state index is -0.478. The van der Waals surface area contributed by atoms with Gasteiger partial charge in [-0.3, -0.25) is 0 Å². The van der Waals surface area contributed by atoms with Crippen molar-refractivity contribution in [2.75, 3.05) is 0 Å². The molecule has 0 saturated heterocycles. The molecule has 0 bridgehead atoms. The molecule has 2 heterocycles. The van der Waals surface area contributed by atoms with Crippen molar-refractivity contribution in [3.63, 3.8) is 0 Å².